The van der Waals surface area contributed by atoms with Gasteiger partial charge in [-0.3, -0.25) is 4.79 Å². The summed E-state index contributed by atoms with van der Waals surface area (Å²) in [5.41, 5.74) is 1.01. The van der Waals surface area contributed by atoms with Gasteiger partial charge in [0.2, 0.25) is 17.6 Å². The zero-order valence-electron chi connectivity index (χ0n) is 16.8. The lowest BCUT2D eigenvalue weighted by Crippen LogP contribution is -2.34. The Hall–Kier alpha value is -2.27. The summed E-state index contributed by atoms with van der Waals surface area (Å²) >= 11 is 6.75. The molecule has 3 aromatic rings. The lowest BCUT2D eigenvalue weighted by Gasteiger charge is -2.15. The lowest BCUT2D eigenvalue weighted by molar-refractivity contribution is -0.116. The molecule has 0 unspecified atom stereocenters. The standard InChI is InChI=1S/C19H21ClN4O4S2/c1-19(2,3)18-22-17(23-28-18)12-5-7-13(8-6-12)21-15(25)11-24(4)30(26,27)16-10-9-14(20)29-16/h5-10H,11H2,1-4H3,(H,21,25). The number of hydrogen-bond donors (Lipinski definition) is 1. The van der Waals surface area contributed by atoms with E-state index in [0.717, 1.165) is 21.2 Å². The van der Waals surface area contributed by atoms with Crippen molar-refractivity contribution < 1.29 is 17.7 Å². The van der Waals surface area contributed by atoms with E-state index in [1.165, 1.54) is 19.2 Å². The number of rotatable bonds is 6. The highest BCUT2D eigenvalue weighted by atomic mass is 35.5. The van der Waals surface area contributed by atoms with Crippen LogP contribution >= 0.6 is 22.9 Å². The number of anilines is 1. The molecular formula is C19H21ClN4O4S2. The Balaban J connectivity index is 1.64. The highest BCUT2D eigenvalue weighted by Crippen LogP contribution is 2.28. The van der Waals surface area contributed by atoms with E-state index in [1.54, 1.807) is 24.3 Å². The van der Waals surface area contributed by atoms with Crippen molar-refractivity contribution in [2.75, 3.05) is 18.9 Å². The van der Waals surface area contributed by atoms with Crippen molar-refractivity contribution in [3.8, 4) is 11.4 Å². The monoisotopic (exact) mass is 468 g/mol. The van der Waals surface area contributed by atoms with Crippen molar-refractivity contribution in [2.45, 2.75) is 30.4 Å². The molecule has 0 atom stereocenters. The Morgan fingerprint density at radius 2 is 1.87 bits per heavy atom. The van der Waals surface area contributed by atoms with Crippen LogP contribution in [0.1, 0.15) is 26.7 Å². The number of benzene rings is 1. The maximum absolute atomic E-state index is 12.5. The van der Waals surface area contributed by atoms with E-state index in [-0.39, 0.29) is 16.2 Å². The minimum absolute atomic E-state index is 0.0851. The Morgan fingerprint density at radius 3 is 2.40 bits per heavy atom. The van der Waals surface area contributed by atoms with Gasteiger partial charge in [-0.05, 0) is 36.4 Å². The first-order valence-electron chi connectivity index (χ1n) is 8.93. The van der Waals surface area contributed by atoms with Crippen molar-refractivity contribution in [1.29, 1.82) is 0 Å². The maximum Gasteiger partial charge on any atom is 0.252 e. The van der Waals surface area contributed by atoms with Gasteiger partial charge in [0.1, 0.15) is 4.21 Å². The van der Waals surface area contributed by atoms with Crippen LogP contribution in [-0.2, 0) is 20.2 Å². The molecule has 0 bridgehead atoms. The van der Waals surface area contributed by atoms with Crippen LogP contribution in [0, 0.1) is 0 Å². The molecular weight excluding hydrogens is 448 g/mol. The lowest BCUT2D eigenvalue weighted by atomic mass is 9.97. The minimum Gasteiger partial charge on any atom is -0.338 e. The average molecular weight is 469 g/mol. The number of halogens is 1. The molecule has 1 amide bonds. The SMILES string of the molecule is CN(CC(=O)Nc1ccc(-c2noc(C(C)(C)C)n2)cc1)S(=O)(=O)c1ccc(Cl)s1. The fourth-order valence-corrected chi connectivity index (χ4v) is 5.25. The van der Waals surface area contributed by atoms with Gasteiger partial charge in [0.15, 0.2) is 0 Å². The number of amides is 1. The number of sulfonamides is 1. The zero-order valence-corrected chi connectivity index (χ0v) is 19.2. The van der Waals surface area contributed by atoms with Crippen molar-refractivity contribution in [3.05, 3.63) is 46.6 Å². The second kappa shape index (κ2) is 8.46. The summed E-state index contributed by atoms with van der Waals surface area (Å²) in [5, 5.41) is 6.66. The summed E-state index contributed by atoms with van der Waals surface area (Å²) in [7, 11) is -2.44. The molecule has 0 aliphatic carbocycles. The van der Waals surface area contributed by atoms with E-state index < -0.39 is 15.9 Å². The van der Waals surface area contributed by atoms with Crippen LogP contribution in [0.25, 0.3) is 11.4 Å². The molecule has 0 saturated heterocycles. The molecule has 2 heterocycles. The van der Waals surface area contributed by atoms with E-state index in [0.29, 0.717) is 21.7 Å². The van der Waals surface area contributed by atoms with E-state index >= 15 is 0 Å². The molecule has 0 aliphatic heterocycles. The average Bonchev–Trinajstić information content (AvgIpc) is 3.31. The van der Waals surface area contributed by atoms with Crippen LogP contribution in [0.5, 0.6) is 0 Å². The molecule has 0 aliphatic rings. The summed E-state index contributed by atoms with van der Waals surface area (Å²) in [6.45, 7) is 5.60. The normalized spacial score (nSPS) is 12.3. The maximum atomic E-state index is 12.5. The third-order valence-corrected chi connectivity index (χ3v) is 7.58. The number of likely N-dealkylation sites (N-methyl/N-ethyl adjacent to an activating group) is 1. The van der Waals surface area contributed by atoms with Gasteiger partial charge >= 0.3 is 0 Å². The number of aromatic nitrogens is 2. The molecule has 0 saturated carbocycles. The van der Waals surface area contributed by atoms with Gasteiger partial charge < -0.3 is 9.84 Å². The van der Waals surface area contributed by atoms with Crippen LogP contribution in [0.15, 0.2) is 45.1 Å². The fraction of sp³-hybridized carbons (Fsp3) is 0.316. The quantitative estimate of drug-likeness (QED) is 0.586. The summed E-state index contributed by atoms with van der Waals surface area (Å²) < 4.78 is 31.7. The summed E-state index contributed by atoms with van der Waals surface area (Å²) in [6, 6.07) is 9.80. The second-order valence-corrected chi connectivity index (χ2v) is 11.6. The van der Waals surface area contributed by atoms with E-state index in [1.807, 2.05) is 20.8 Å². The van der Waals surface area contributed by atoms with Crippen molar-refractivity contribution in [1.82, 2.24) is 14.4 Å². The summed E-state index contributed by atoms with van der Waals surface area (Å²) in [5.74, 6) is 0.524. The molecule has 8 nitrogen and oxygen atoms in total. The number of thiophene rings is 1. The van der Waals surface area contributed by atoms with Gasteiger partial charge in [-0.15, -0.1) is 11.3 Å². The highest BCUT2D eigenvalue weighted by Gasteiger charge is 2.25. The Kier molecular flexibility index (Phi) is 6.32. The largest absolute Gasteiger partial charge is 0.338 e. The van der Waals surface area contributed by atoms with Gasteiger partial charge in [-0.1, -0.05) is 37.5 Å². The number of nitrogens with zero attached hydrogens (tertiary/aromatic N) is 3. The Labute approximate surface area is 183 Å². The van der Waals surface area contributed by atoms with Gasteiger partial charge in [-0.25, -0.2) is 8.42 Å². The van der Waals surface area contributed by atoms with Crippen LogP contribution < -0.4 is 5.32 Å². The molecule has 1 aromatic carbocycles. The van der Waals surface area contributed by atoms with Crippen molar-refractivity contribution in [2.24, 2.45) is 0 Å². The minimum atomic E-state index is -3.78. The van der Waals surface area contributed by atoms with Crippen LogP contribution in [0.2, 0.25) is 4.34 Å². The first-order chi connectivity index (χ1) is 14.0. The topological polar surface area (TPSA) is 105 Å². The third kappa shape index (κ3) is 5.07. The van der Waals surface area contributed by atoms with Gasteiger partial charge in [-0.2, -0.15) is 9.29 Å². The van der Waals surface area contributed by atoms with Crippen molar-refractivity contribution in [3.63, 3.8) is 0 Å². The molecule has 30 heavy (non-hydrogen) atoms. The second-order valence-electron chi connectivity index (χ2n) is 7.62. The first-order valence-corrected chi connectivity index (χ1v) is 11.6. The highest BCUT2D eigenvalue weighted by molar-refractivity contribution is 7.91. The molecule has 160 valence electrons. The van der Waals surface area contributed by atoms with Crippen LogP contribution in [0.4, 0.5) is 5.69 Å². The Morgan fingerprint density at radius 1 is 1.20 bits per heavy atom. The summed E-state index contributed by atoms with van der Waals surface area (Å²) in [4.78, 5) is 16.7. The van der Waals surface area contributed by atoms with Gasteiger partial charge in [0.25, 0.3) is 10.0 Å². The molecule has 2 aromatic heterocycles. The zero-order chi connectivity index (χ0) is 22.1. The summed E-state index contributed by atoms with van der Waals surface area (Å²) in [6.07, 6.45) is 0. The van der Waals surface area contributed by atoms with E-state index in [9.17, 15) is 13.2 Å². The molecule has 0 fully saturated rings. The van der Waals surface area contributed by atoms with E-state index in [4.69, 9.17) is 16.1 Å². The molecule has 3 rings (SSSR count). The van der Waals surface area contributed by atoms with Gasteiger partial charge in [0, 0.05) is 23.7 Å². The number of carbonyl (C=O) groups is 1. The number of hydrogen-bond acceptors (Lipinski definition) is 7. The molecule has 11 heteroatoms. The third-order valence-electron chi connectivity index (χ3n) is 4.07. The van der Waals surface area contributed by atoms with Crippen molar-refractivity contribution >= 4 is 44.6 Å². The fourth-order valence-electron chi connectivity index (χ4n) is 2.43. The van der Waals surface area contributed by atoms with Crippen LogP contribution in [0.3, 0.4) is 0 Å². The van der Waals surface area contributed by atoms with Gasteiger partial charge in [0.05, 0.1) is 10.9 Å². The number of carbonyl (C=O) groups excluding carboxylic acids is 1. The predicted octanol–water partition coefficient (Wildman–Crippen LogP) is 4.01. The molecule has 0 spiro atoms. The molecule has 0 radical (unpaired) electrons. The molecule has 1 N–H and O–H groups in total. The predicted molar refractivity (Wildman–Crippen MR) is 116 cm³/mol. The first kappa shape index (κ1) is 22.4. The Bertz CT molecular complexity index is 1150. The van der Waals surface area contributed by atoms with E-state index in [2.05, 4.69) is 15.5 Å². The van der Waals surface area contributed by atoms with Crippen LogP contribution in [-0.4, -0.2) is 42.4 Å². The number of nitrogens with one attached hydrogen (secondary N) is 1. The smallest absolute Gasteiger partial charge is 0.252 e.